The van der Waals surface area contributed by atoms with Crippen LogP contribution < -0.4 is 14.8 Å². The van der Waals surface area contributed by atoms with E-state index in [0.29, 0.717) is 58.2 Å². The number of likely N-dealkylation sites (tertiary alicyclic amines) is 1. The Morgan fingerprint density at radius 1 is 0.967 bits per heavy atom. The van der Waals surface area contributed by atoms with Gasteiger partial charge < -0.3 is 19.7 Å². The summed E-state index contributed by atoms with van der Waals surface area (Å²) in [6.07, 6.45) is 1.64. The van der Waals surface area contributed by atoms with E-state index >= 15 is 0 Å². The van der Waals surface area contributed by atoms with Crippen LogP contribution in [0.5, 0.6) is 11.5 Å². The first-order chi connectivity index (χ1) is 14.4. The van der Waals surface area contributed by atoms with Gasteiger partial charge in [0.25, 0.3) is 11.8 Å². The molecule has 0 aromatic heterocycles. The van der Waals surface area contributed by atoms with Crippen LogP contribution in [0.4, 0.5) is 0 Å². The van der Waals surface area contributed by atoms with Crippen molar-refractivity contribution in [3.8, 4) is 11.5 Å². The van der Waals surface area contributed by atoms with Gasteiger partial charge in [-0.2, -0.15) is 0 Å². The lowest BCUT2D eigenvalue weighted by atomic mass is 9.96. The predicted molar refractivity (Wildman–Crippen MR) is 117 cm³/mol. The average Bonchev–Trinajstić information content (AvgIpc) is 2.78. The van der Waals surface area contributed by atoms with Crippen LogP contribution in [-0.4, -0.2) is 50.6 Å². The van der Waals surface area contributed by atoms with Crippen molar-refractivity contribution >= 4 is 35.0 Å². The van der Waals surface area contributed by atoms with E-state index < -0.39 is 0 Å². The van der Waals surface area contributed by atoms with Crippen molar-refractivity contribution in [1.29, 1.82) is 0 Å². The molecule has 0 unspecified atom stereocenters. The topological polar surface area (TPSA) is 67.9 Å². The molecule has 0 spiro atoms. The molecule has 1 heterocycles. The van der Waals surface area contributed by atoms with Crippen LogP contribution >= 0.6 is 23.2 Å². The first-order valence-electron chi connectivity index (χ1n) is 9.67. The molecule has 1 N–H and O–H groups in total. The van der Waals surface area contributed by atoms with Gasteiger partial charge in [-0.05, 0) is 55.2 Å². The van der Waals surface area contributed by atoms with Gasteiger partial charge in [0.1, 0.15) is 0 Å². The highest BCUT2D eigenvalue weighted by Gasteiger charge is 2.24. The molecule has 0 saturated carbocycles. The number of piperidine rings is 1. The number of nitrogens with one attached hydrogen (secondary N) is 1. The molecule has 6 nitrogen and oxygen atoms in total. The lowest BCUT2D eigenvalue weighted by molar-refractivity contribution is 0.0684. The summed E-state index contributed by atoms with van der Waals surface area (Å²) in [5.41, 5.74) is 1.05. The number of methoxy groups -OCH3 is 2. The number of carbonyl (C=O) groups excluding carboxylic acids is 2. The Kier molecular flexibility index (Phi) is 7.45. The zero-order valence-corrected chi connectivity index (χ0v) is 18.4. The molecule has 0 radical (unpaired) electrons. The molecule has 30 heavy (non-hydrogen) atoms. The second kappa shape index (κ2) is 10.0. The van der Waals surface area contributed by atoms with E-state index in [9.17, 15) is 9.59 Å². The van der Waals surface area contributed by atoms with Crippen LogP contribution in [0.1, 0.15) is 33.6 Å². The third-order valence-corrected chi connectivity index (χ3v) is 6.00. The summed E-state index contributed by atoms with van der Waals surface area (Å²) < 4.78 is 10.4. The zero-order chi connectivity index (χ0) is 21.7. The van der Waals surface area contributed by atoms with Crippen molar-refractivity contribution in [2.45, 2.75) is 12.8 Å². The zero-order valence-electron chi connectivity index (χ0n) is 16.9. The number of ether oxygens (including phenoxy) is 2. The molecule has 2 amide bonds. The van der Waals surface area contributed by atoms with Crippen molar-refractivity contribution in [2.75, 3.05) is 33.9 Å². The van der Waals surface area contributed by atoms with Gasteiger partial charge in [0, 0.05) is 30.8 Å². The van der Waals surface area contributed by atoms with Crippen molar-refractivity contribution in [1.82, 2.24) is 10.2 Å². The van der Waals surface area contributed by atoms with E-state index in [1.54, 1.807) is 43.5 Å². The largest absolute Gasteiger partial charge is 0.493 e. The number of hydrogen-bond donors (Lipinski definition) is 1. The van der Waals surface area contributed by atoms with E-state index in [4.69, 9.17) is 32.7 Å². The standard InChI is InChI=1S/C22H24Cl2N2O4/c1-29-19-6-4-15(12-20(19)30-2)21(27)25-13-14-7-9-26(10-8-14)22(28)16-3-5-17(23)18(24)11-16/h3-6,11-12,14H,7-10,13H2,1-2H3,(H,25,27). The minimum Gasteiger partial charge on any atom is -0.493 e. The summed E-state index contributed by atoms with van der Waals surface area (Å²) in [4.78, 5) is 27.0. The third-order valence-electron chi connectivity index (χ3n) is 5.27. The van der Waals surface area contributed by atoms with E-state index in [0.717, 1.165) is 12.8 Å². The fraction of sp³-hybridized carbons (Fsp3) is 0.364. The monoisotopic (exact) mass is 450 g/mol. The maximum Gasteiger partial charge on any atom is 0.253 e. The Hall–Kier alpha value is -2.44. The molecule has 1 aliphatic heterocycles. The van der Waals surface area contributed by atoms with Gasteiger partial charge in [-0.25, -0.2) is 0 Å². The van der Waals surface area contributed by atoms with E-state index in [2.05, 4.69) is 5.32 Å². The Morgan fingerprint density at radius 2 is 1.63 bits per heavy atom. The van der Waals surface area contributed by atoms with Crippen LogP contribution in [0.2, 0.25) is 10.0 Å². The van der Waals surface area contributed by atoms with E-state index in [-0.39, 0.29) is 11.8 Å². The quantitative estimate of drug-likeness (QED) is 0.712. The molecule has 1 saturated heterocycles. The molecule has 1 fully saturated rings. The van der Waals surface area contributed by atoms with Crippen molar-refractivity contribution in [3.05, 3.63) is 57.6 Å². The summed E-state index contributed by atoms with van der Waals surface area (Å²) in [6.45, 7) is 1.83. The summed E-state index contributed by atoms with van der Waals surface area (Å²) in [5, 5.41) is 3.77. The normalized spacial score (nSPS) is 14.3. The average molecular weight is 451 g/mol. The molecule has 2 aromatic rings. The van der Waals surface area contributed by atoms with Crippen LogP contribution in [-0.2, 0) is 0 Å². The Bertz CT molecular complexity index is 927. The Labute approximate surface area is 186 Å². The maximum atomic E-state index is 12.7. The molecule has 0 aliphatic carbocycles. The number of rotatable bonds is 6. The number of carbonyl (C=O) groups is 2. The van der Waals surface area contributed by atoms with Crippen LogP contribution in [0, 0.1) is 5.92 Å². The predicted octanol–water partition coefficient (Wildman–Crippen LogP) is 4.29. The van der Waals surface area contributed by atoms with Gasteiger partial charge in [-0.15, -0.1) is 0 Å². The highest BCUT2D eigenvalue weighted by atomic mass is 35.5. The fourth-order valence-corrected chi connectivity index (χ4v) is 3.77. The van der Waals surface area contributed by atoms with Gasteiger partial charge in [0.2, 0.25) is 0 Å². The van der Waals surface area contributed by atoms with Crippen LogP contribution in [0.25, 0.3) is 0 Å². The number of benzene rings is 2. The first kappa shape index (κ1) is 22.2. The second-order valence-electron chi connectivity index (χ2n) is 7.14. The number of hydrogen-bond acceptors (Lipinski definition) is 4. The second-order valence-corrected chi connectivity index (χ2v) is 7.96. The lowest BCUT2D eigenvalue weighted by Gasteiger charge is -2.32. The summed E-state index contributed by atoms with van der Waals surface area (Å²) in [6, 6.07) is 9.99. The van der Waals surface area contributed by atoms with Crippen LogP contribution in [0.3, 0.4) is 0 Å². The van der Waals surface area contributed by atoms with Gasteiger partial charge in [-0.1, -0.05) is 23.2 Å². The molecule has 8 heteroatoms. The molecule has 0 atom stereocenters. The van der Waals surface area contributed by atoms with Crippen molar-refractivity contribution in [3.63, 3.8) is 0 Å². The minimum atomic E-state index is -0.162. The number of amides is 2. The number of halogens is 2. The van der Waals surface area contributed by atoms with Crippen molar-refractivity contribution < 1.29 is 19.1 Å². The first-order valence-corrected chi connectivity index (χ1v) is 10.4. The smallest absolute Gasteiger partial charge is 0.253 e. The number of nitrogens with zero attached hydrogens (tertiary/aromatic N) is 1. The van der Waals surface area contributed by atoms with Gasteiger partial charge in [-0.3, -0.25) is 9.59 Å². The Morgan fingerprint density at radius 3 is 2.27 bits per heavy atom. The molecule has 1 aliphatic rings. The molecular weight excluding hydrogens is 427 g/mol. The highest BCUT2D eigenvalue weighted by molar-refractivity contribution is 6.42. The minimum absolute atomic E-state index is 0.0543. The molecule has 160 valence electrons. The molecule has 3 rings (SSSR count). The van der Waals surface area contributed by atoms with E-state index in [1.165, 1.54) is 7.11 Å². The van der Waals surface area contributed by atoms with E-state index in [1.807, 2.05) is 4.90 Å². The van der Waals surface area contributed by atoms with Crippen molar-refractivity contribution in [2.24, 2.45) is 5.92 Å². The third kappa shape index (κ3) is 5.18. The summed E-state index contributed by atoms with van der Waals surface area (Å²) >= 11 is 11.9. The fourth-order valence-electron chi connectivity index (χ4n) is 3.47. The highest BCUT2D eigenvalue weighted by Crippen LogP contribution is 2.28. The lowest BCUT2D eigenvalue weighted by Crippen LogP contribution is -2.41. The van der Waals surface area contributed by atoms with Gasteiger partial charge >= 0.3 is 0 Å². The maximum absolute atomic E-state index is 12.7. The SMILES string of the molecule is COc1ccc(C(=O)NCC2CCN(C(=O)c3ccc(Cl)c(Cl)c3)CC2)cc1OC. The molecular formula is C22H24Cl2N2O4. The summed E-state index contributed by atoms with van der Waals surface area (Å²) in [5.74, 6) is 1.19. The Balaban J connectivity index is 1.50. The molecule has 2 aromatic carbocycles. The van der Waals surface area contributed by atoms with Gasteiger partial charge in [0.05, 0.1) is 24.3 Å². The van der Waals surface area contributed by atoms with Gasteiger partial charge in [0.15, 0.2) is 11.5 Å². The summed E-state index contributed by atoms with van der Waals surface area (Å²) in [7, 11) is 3.09. The van der Waals surface area contributed by atoms with Crippen LogP contribution in [0.15, 0.2) is 36.4 Å². The molecule has 0 bridgehead atoms.